The summed E-state index contributed by atoms with van der Waals surface area (Å²) in [6.07, 6.45) is 1.53. The van der Waals surface area contributed by atoms with E-state index in [0.29, 0.717) is 28.2 Å². The maximum Gasteiger partial charge on any atom is 0.262 e. The number of rotatable bonds is 7. The second-order valence-electron chi connectivity index (χ2n) is 6.96. The Morgan fingerprint density at radius 3 is 2.29 bits per heavy atom. The van der Waals surface area contributed by atoms with E-state index < -0.39 is 21.7 Å². The average molecular weight is 551 g/mol. The standard InChI is InChI=1S/C23H17BrF2N2O5S/c1-31-22-11-15-20(12-23(22)32-2)27-8-7-21(15)33-13-3-6-19(18(26)9-13)28-34(29,30)14-4-5-16(24)17(25)10-14/h3-12,28H,1-2H3. The molecule has 0 amide bonds. The number of hydrogen-bond acceptors (Lipinski definition) is 6. The fourth-order valence-electron chi connectivity index (χ4n) is 3.15. The molecule has 0 unspecified atom stereocenters. The van der Waals surface area contributed by atoms with Gasteiger partial charge in [0.2, 0.25) is 0 Å². The molecular weight excluding hydrogens is 534 g/mol. The van der Waals surface area contributed by atoms with Crippen LogP contribution in [0.25, 0.3) is 10.9 Å². The van der Waals surface area contributed by atoms with Gasteiger partial charge in [0.05, 0.1) is 34.8 Å². The lowest BCUT2D eigenvalue weighted by atomic mass is 10.2. The summed E-state index contributed by atoms with van der Waals surface area (Å²) in [7, 11) is -1.21. The third kappa shape index (κ3) is 4.75. The van der Waals surface area contributed by atoms with Gasteiger partial charge in [-0.1, -0.05) is 0 Å². The molecule has 1 heterocycles. The quantitative estimate of drug-likeness (QED) is 0.309. The molecule has 34 heavy (non-hydrogen) atoms. The molecule has 0 aliphatic carbocycles. The van der Waals surface area contributed by atoms with Crippen molar-refractivity contribution in [3.8, 4) is 23.0 Å². The number of hydrogen-bond donors (Lipinski definition) is 1. The summed E-state index contributed by atoms with van der Waals surface area (Å²) in [5, 5.41) is 0.600. The summed E-state index contributed by atoms with van der Waals surface area (Å²) in [4.78, 5) is 3.94. The van der Waals surface area contributed by atoms with Gasteiger partial charge in [-0.3, -0.25) is 9.71 Å². The minimum Gasteiger partial charge on any atom is -0.493 e. The van der Waals surface area contributed by atoms with Crippen LogP contribution in [0.4, 0.5) is 14.5 Å². The lowest BCUT2D eigenvalue weighted by Gasteiger charge is -2.13. The van der Waals surface area contributed by atoms with Gasteiger partial charge >= 0.3 is 0 Å². The van der Waals surface area contributed by atoms with Crippen LogP contribution in [0.2, 0.25) is 0 Å². The molecule has 4 rings (SSSR count). The molecule has 176 valence electrons. The number of aromatic nitrogens is 1. The first-order chi connectivity index (χ1) is 16.2. The Morgan fingerprint density at radius 2 is 1.62 bits per heavy atom. The van der Waals surface area contributed by atoms with Crippen LogP contribution < -0.4 is 18.9 Å². The molecule has 0 fully saturated rings. The minimum atomic E-state index is -4.22. The number of benzene rings is 3. The largest absolute Gasteiger partial charge is 0.493 e. The van der Waals surface area contributed by atoms with E-state index in [1.807, 2.05) is 0 Å². The zero-order chi connectivity index (χ0) is 24.5. The van der Waals surface area contributed by atoms with Crippen molar-refractivity contribution < 1.29 is 31.4 Å². The van der Waals surface area contributed by atoms with E-state index in [1.165, 1.54) is 44.7 Å². The normalized spacial score (nSPS) is 11.3. The Morgan fingerprint density at radius 1 is 0.882 bits per heavy atom. The van der Waals surface area contributed by atoms with Gasteiger partial charge in [-0.15, -0.1) is 0 Å². The summed E-state index contributed by atoms with van der Waals surface area (Å²) in [6, 6.07) is 11.9. The Kier molecular flexibility index (Phi) is 6.58. The van der Waals surface area contributed by atoms with Crippen LogP contribution >= 0.6 is 15.9 Å². The van der Waals surface area contributed by atoms with Crippen molar-refractivity contribution in [3.05, 3.63) is 76.9 Å². The molecule has 11 heteroatoms. The van der Waals surface area contributed by atoms with Gasteiger partial charge in [-0.05, 0) is 58.4 Å². The Hall–Kier alpha value is -3.44. The maximum absolute atomic E-state index is 14.7. The lowest BCUT2D eigenvalue weighted by Crippen LogP contribution is -2.14. The number of methoxy groups -OCH3 is 2. The van der Waals surface area contributed by atoms with Gasteiger partial charge in [0.15, 0.2) is 17.3 Å². The van der Waals surface area contributed by atoms with E-state index in [1.54, 1.807) is 18.2 Å². The number of nitrogens with one attached hydrogen (secondary N) is 1. The van der Waals surface area contributed by atoms with Crippen LogP contribution in [0, 0.1) is 11.6 Å². The van der Waals surface area contributed by atoms with Crippen LogP contribution in [0.5, 0.6) is 23.0 Å². The summed E-state index contributed by atoms with van der Waals surface area (Å²) < 4.78 is 72.2. The van der Waals surface area contributed by atoms with Gasteiger partial charge in [0.25, 0.3) is 10.0 Å². The van der Waals surface area contributed by atoms with Crippen molar-refractivity contribution in [2.45, 2.75) is 4.90 Å². The minimum absolute atomic E-state index is 0.110. The van der Waals surface area contributed by atoms with Crippen LogP contribution in [0.1, 0.15) is 0 Å². The van der Waals surface area contributed by atoms with Crippen molar-refractivity contribution in [2.75, 3.05) is 18.9 Å². The second kappa shape index (κ2) is 9.43. The van der Waals surface area contributed by atoms with Crippen molar-refractivity contribution in [1.82, 2.24) is 4.98 Å². The fraction of sp³-hybridized carbons (Fsp3) is 0.0870. The van der Waals surface area contributed by atoms with E-state index in [9.17, 15) is 17.2 Å². The molecule has 0 spiro atoms. The molecule has 0 saturated carbocycles. The van der Waals surface area contributed by atoms with Crippen LogP contribution in [0.15, 0.2) is 70.2 Å². The summed E-state index contributed by atoms with van der Waals surface area (Å²) in [6.45, 7) is 0. The molecule has 0 aliphatic rings. The van der Waals surface area contributed by atoms with Gasteiger partial charge in [0.1, 0.15) is 17.3 Å². The predicted molar refractivity (Wildman–Crippen MR) is 126 cm³/mol. The molecule has 1 aromatic heterocycles. The number of halogens is 3. The number of fused-ring (bicyclic) bond motifs is 1. The number of nitrogens with zero attached hydrogens (tertiary/aromatic N) is 1. The van der Waals surface area contributed by atoms with Gasteiger partial charge in [-0.25, -0.2) is 17.2 Å². The van der Waals surface area contributed by atoms with Gasteiger partial charge < -0.3 is 14.2 Å². The number of ether oxygens (including phenoxy) is 3. The lowest BCUT2D eigenvalue weighted by molar-refractivity contribution is 0.355. The van der Waals surface area contributed by atoms with Crippen LogP contribution in [0.3, 0.4) is 0 Å². The van der Waals surface area contributed by atoms with Crippen molar-refractivity contribution in [1.29, 1.82) is 0 Å². The first kappa shape index (κ1) is 23.7. The van der Waals surface area contributed by atoms with Crippen molar-refractivity contribution in [3.63, 3.8) is 0 Å². The SMILES string of the molecule is COc1cc2nccc(Oc3ccc(NS(=O)(=O)c4ccc(Br)c(F)c4)c(F)c3)c2cc1OC. The highest BCUT2D eigenvalue weighted by Crippen LogP contribution is 2.37. The average Bonchev–Trinajstić information content (AvgIpc) is 2.81. The number of sulfonamides is 1. The Labute approximate surface area is 202 Å². The smallest absolute Gasteiger partial charge is 0.262 e. The number of pyridine rings is 1. The molecule has 4 aromatic rings. The third-order valence-corrected chi connectivity index (χ3v) is 6.83. The summed E-state index contributed by atoms with van der Waals surface area (Å²) in [5.41, 5.74) is 0.253. The molecule has 0 radical (unpaired) electrons. The molecule has 1 N–H and O–H groups in total. The van der Waals surface area contributed by atoms with Crippen molar-refractivity contribution >= 4 is 42.5 Å². The Balaban J connectivity index is 1.62. The maximum atomic E-state index is 14.7. The van der Waals surface area contributed by atoms with E-state index in [-0.39, 0.29) is 20.8 Å². The fourth-order valence-corrected chi connectivity index (χ4v) is 4.48. The highest BCUT2D eigenvalue weighted by molar-refractivity contribution is 9.10. The zero-order valence-corrected chi connectivity index (χ0v) is 20.2. The molecule has 0 saturated heterocycles. The van der Waals surface area contributed by atoms with Crippen LogP contribution in [-0.2, 0) is 10.0 Å². The molecular formula is C23H17BrF2N2O5S. The highest BCUT2D eigenvalue weighted by Gasteiger charge is 2.19. The molecule has 0 bridgehead atoms. The monoisotopic (exact) mass is 550 g/mol. The van der Waals surface area contributed by atoms with Gasteiger partial charge in [0, 0.05) is 23.7 Å². The zero-order valence-electron chi connectivity index (χ0n) is 17.8. The first-order valence-corrected chi connectivity index (χ1v) is 12.0. The van der Waals surface area contributed by atoms with E-state index in [0.717, 1.165) is 12.1 Å². The summed E-state index contributed by atoms with van der Waals surface area (Å²) >= 11 is 2.96. The van der Waals surface area contributed by atoms with Crippen LogP contribution in [-0.4, -0.2) is 27.6 Å². The van der Waals surface area contributed by atoms with E-state index in [4.69, 9.17) is 14.2 Å². The van der Waals surface area contributed by atoms with Gasteiger partial charge in [-0.2, -0.15) is 0 Å². The molecule has 0 atom stereocenters. The molecule has 3 aromatic carbocycles. The first-order valence-electron chi connectivity index (χ1n) is 9.68. The third-order valence-electron chi connectivity index (χ3n) is 4.82. The summed E-state index contributed by atoms with van der Waals surface area (Å²) in [5.74, 6) is -0.176. The van der Waals surface area contributed by atoms with Crippen molar-refractivity contribution in [2.24, 2.45) is 0 Å². The number of anilines is 1. The Bertz CT molecular complexity index is 1500. The molecule has 0 aliphatic heterocycles. The highest BCUT2D eigenvalue weighted by atomic mass is 79.9. The van der Waals surface area contributed by atoms with E-state index in [2.05, 4.69) is 25.6 Å². The van der Waals surface area contributed by atoms with E-state index >= 15 is 0 Å². The second-order valence-corrected chi connectivity index (χ2v) is 9.50. The topological polar surface area (TPSA) is 86.8 Å². The molecule has 7 nitrogen and oxygen atoms in total. The predicted octanol–water partition coefficient (Wildman–Crippen LogP) is 5.89.